The number of hydrogen-bond donors (Lipinski definition) is 3. The maximum absolute atomic E-state index is 11.7. The van der Waals surface area contributed by atoms with E-state index in [1.807, 2.05) is 0 Å². The summed E-state index contributed by atoms with van der Waals surface area (Å²) in [6.45, 7) is 4.77. The highest BCUT2D eigenvalue weighted by Crippen LogP contribution is 2.31. The SMILES string of the molecule is CC(=O)NCCCCCC(=O)NCC1(O)CCC(C)CC1. The first-order valence-electron chi connectivity index (χ1n) is 8.15. The number of rotatable bonds is 8. The molecule has 0 atom stereocenters. The van der Waals surface area contributed by atoms with Gasteiger partial charge in [0.15, 0.2) is 0 Å². The molecule has 0 spiro atoms. The summed E-state index contributed by atoms with van der Waals surface area (Å²) >= 11 is 0. The highest BCUT2D eigenvalue weighted by Gasteiger charge is 2.31. The lowest BCUT2D eigenvalue weighted by atomic mass is 9.79. The molecule has 2 amide bonds. The van der Waals surface area contributed by atoms with E-state index in [1.54, 1.807) is 0 Å². The monoisotopic (exact) mass is 298 g/mol. The molecule has 1 aliphatic carbocycles. The average molecular weight is 298 g/mol. The summed E-state index contributed by atoms with van der Waals surface area (Å²) in [4.78, 5) is 22.4. The van der Waals surface area contributed by atoms with E-state index < -0.39 is 5.60 Å². The van der Waals surface area contributed by atoms with Crippen LogP contribution in [0.15, 0.2) is 0 Å². The molecule has 5 nitrogen and oxygen atoms in total. The third-order valence-corrected chi connectivity index (χ3v) is 4.27. The topological polar surface area (TPSA) is 78.4 Å². The van der Waals surface area contributed by atoms with E-state index in [0.717, 1.165) is 44.9 Å². The van der Waals surface area contributed by atoms with Crippen LogP contribution in [0.3, 0.4) is 0 Å². The maximum Gasteiger partial charge on any atom is 0.220 e. The summed E-state index contributed by atoms with van der Waals surface area (Å²) < 4.78 is 0. The molecule has 1 aliphatic rings. The van der Waals surface area contributed by atoms with E-state index in [-0.39, 0.29) is 11.8 Å². The van der Waals surface area contributed by atoms with Crippen molar-refractivity contribution in [1.82, 2.24) is 10.6 Å². The molecule has 5 heteroatoms. The van der Waals surface area contributed by atoms with Crippen LogP contribution in [0.1, 0.15) is 65.2 Å². The van der Waals surface area contributed by atoms with Crippen molar-refractivity contribution >= 4 is 11.8 Å². The first-order valence-corrected chi connectivity index (χ1v) is 8.15. The van der Waals surface area contributed by atoms with Crippen molar-refractivity contribution < 1.29 is 14.7 Å². The molecule has 122 valence electrons. The van der Waals surface area contributed by atoms with Gasteiger partial charge in [0, 0.05) is 26.4 Å². The molecule has 0 unspecified atom stereocenters. The quantitative estimate of drug-likeness (QED) is 0.597. The van der Waals surface area contributed by atoms with Gasteiger partial charge < -0.3 is 15.7 Å². The number of nitrogens with one attached hydrogen (secondary N) is 2. The largest absolute Gasteiger partial charge is 0.388 e. The summed E-state index contributed by atoms with van der Waals surface area (Å²) in [7, 11) is 0. The molecule has 1 fully saturated rings. The smallest absolute Gasteiger partial charge is 0.220 e. The summed E-state index contributed by atoms with van der Waals surface area (Å²) in [6.07, 6.45) is 6.78. The predicted octanol–water partition coefficient (Wildman–Crippen LogP) is 1.74. The molecule has 0 aliphatic heterocycles. The Bertz CT molecular complexity index is 336. The van der Waals surface area contributed by atoms with E-state index in [4.69, 9.17) is 0 Å². The van der Waals surface area contributed by atoms with Crippen LogP contribution in [0, 0.1) is 5.92 Å². The van der Waals surface area contributed by atoms with Gasteiger partial charge in [-0.25, -0.2) is 0 Å². The van der Waals surface area contributed by atoms with Crippen molar-refractivity contribution in [2.45, 2.75) is 70.8 Å². The lowest BCUT2D eigenvalue weighted by Gasteiger charge is -2.34. The number of aliphatic hydroxyl groups is 1. The zero-order valence-electron chi connectivity index (χ0n) is 13.4. The third-order valence-electron chi connectivity index (χ3n) is 4.27. The molecule has 0 aromatic heterocycles. The van der Waals surface area contributed by atoms with E-state index in [9.17, 15) is 14.7 Å². The fourth-order valence-electron chi connectivity index (χ4n) is 2.68. The first-order chi connectivity index (χ1) is 9.91. The Morgan fingerprint density at radius 1 is 1.14 bits per heavy atom. The van der Waals surface area contributed by atoms with Gasteiger partial charge in [0.05, 0.1) is 5.60 Å². The minimum Gasteiger partial charge on any atom is -0.388 e. The normalized spacial score (nSPS) is 25.4. The molecule has 0 aromatic carbocycles. The lowest BCUT2D eigenvalue weighted by molar-refractivity contribution is -0.123. The van der Waals surface area contributed by atoms with Crippen LogP contribution >= 0.6 is 0 Å². The van der Waals surface area contributed by atoms with E-state index >= 15 is 0 Å². The van der Waals surface area contributed by atoms with E-state index in [0.29, 0.717) is 25.4 Å². The lowest BCUT2D eigenvalue weighted by Crippen LogP contribution is -2.45. The van der Waals surface area contributed by atoms with Gasteiger partial charge in [-0.2, -0.15) is 0 Å². The minimum absolute atomic E-state index is 0.0113. The minimum atomic E-state index is -0.701. The Balaban J connectivity index is 2.04. The van der Waals surface area contributed by atoms with Gasteiger partial charge in [0.1, 0.15) is 0 Å². The molecule has 1 saturated carbocycles. The van der Waals surface area contributed by atoms with Gasteiger partial charge >= 0.3 is 0 Å². The van der Waals surface area contributed by atoms with E-state index in [2.05, 4.69) is 17.6 Å². The van der Waals surface area contributed by atoms with Crippen molar-refractivity contribution in [2.24, 2.45) is 5.92 Å². The van der Waals surface area contributed by atoms with Crippen LogP contribution in [-0.4, -0.2) is 35.6 Å². The van der Waals surface area contributed by atoms with Gasteiger partial charge in [-0.3, -0.25) is 9.59 Å². The summed E-state index contributed by atoms with van der Waals surface area (Å²) in [5.41, 5.74) is -0.701. The molecule has 21 heavy (non-hydrogen) atoms. The second-order valence-electron chi connectivity index (χ2n) is 6.48. The van der Waals surface area contributed by atoms with Gasteiger partial charge in [-0.15, -0.1) is 0 Å². The fourth-order valence-corrected chi connectivity index (χ4v) is 2.68. The second kappa shape index (κ2) is 9.03. The molecule has 0 radical (unpaired) electrons. The predicted molar refractivity (Wildman–Crippen MR) is 82.7 cm³/mol. The zero-order valence-corrected chi connectivity index (χ0v) is 13.4. The molecule has 0 aromatic rings. The standard InChI is InChI=1S/C16H30N2O3/c1-13-7-9-16(21,10-8-13)12-18-15(20)6-4-3-5-11-17-14(2)19/h13,21H,3-12H2,1-2H3,(H,17,19)(H,18,20). The number of hydrogen-bond acceptors (Lipinski definition) is 3. The third kappa shape index (κ3) is 8.05. The van der Waals surface area contributed by atoms with Crippen LogP contribution in [0.2, 0.25) is 0 Å². The average Bonchev–Trinajstić information content (AvgIpc) is 2.44. The molecule has 0 bridgehead atoms. The Morgan fingerprint density at radius 3 is 2.43 bits per heavy atom. The van der Waals surface area contributed by atoms with Crippen molar-refractivity contribution in [1.29, 1.82) is 0 Å². The maximum atomic E-state index is 11.7. The molecule has 3 N–H and O–H groups in total. The van der Waals surface area contributed by atoms with Gasteiger partial charge in [-0.1, -0.05) is 13.3 Å². The van der Waals surface area contributed by atoms with E-state index in [1.165, 1.54) is 6.92 Å². The van der Waals surface area contributed by atoms with Crippen molar-refractivity contribution in [3.05, 3.63) is 0 Å². The Morgan fingerprint density at radius 2 is 1.81 bits per heavy atom. The molecular weight excluding hydrogens is 268 g/mol. The first kappa shape index (κ1) is 18.0. The zero-order chi connectivity index (χ0) is 15.7. The summed E-state index contributed by atoms with van der Waals surface area (Å²) in [5, 5.41) is 16.0. The number of carbonyl (C=O) groups is 2. The van der Waals surface area contributed by atoms with Crippen molar-refractivity contribution in [3.63, 3.8) is 0 Å². The Hall–Kier alpha value is -1.10. The number of carbonyl (C=O) groups excluding carboxylic acids is 2. The van der Waals surface area contributed by atoms with Crippen LogP contribution in [0.5, 0.6) is 0 Å². The number of unbranched alkanes of at least 4 members (excludes halogenated alkanes) is 2. The second-order valence-corrected chi connectivity index (χ2v) is 6.48. The number of amides is 2. The van der Waals surface area contributed by atoms with Crippen LogP contribution in [0.4, 0.5) is 0 Å². The van der Waals surface area contributed by atoms with Crippen LogP contribution in [-0.2, 0) is 9.59 Å². The highest BCUT2D eigenvalue weighted by molar-refractivity contribution is 5.75. The van der Waals surface area contributed by atoms with Crippen LogP contribution < -0.4 is 10.6 Å². The van der Waals surface area contributed by atoms with Crippen molar-refractivity contribution in [2.75, 3.05) is 13.1 Å². The Labute approximate surface area is 127 Å². The summed E-state index contributed by atoms with van der Waals surface area (Å²) in [5.74, 6) is 0.689. The Kier molecular flexibility index (Phi) is 7.72. The summed E-state index contributed by atoms with van der Waals surface area (Å²) in [6, 6.07) is 0. The molecule has 1 rings (SSSR count). The highest BCUT2D eigenvalue weighted by atomic mass is 16.3. The fraction of sp³-hybridized carbons (Fsp3) is 0.875. The van der Waals surface area contributed by atoms with Gasteiger partial charge in [0.25, 0.3) is 0 Å². The van der Waals surface area contributed by atoms with Gasteiger partial charge in [0.2, 0.25) is 11.8 Å². The molecular formula is C16H30N2O3. The van der Waals surface area contributed by atoms with Gasteiger partial charge in [-0.05, 0) is 44.4 Å². The van der Waals surface area contributed by atoms with Crippen LogP contribution in [0.25, 0.3) is 0 Å². The van der Waals surface area contributed by atoms with Crippen molar-refractivity contribution in [3.8, 4) is 0 Å². The molecule has 0 saturated heterocycles. The molecule has 0 heterocycles.